The van der Waals surface area contributed by atoms with Gasteiger partial charge in [-0.1, -0.05) is 15.9 Å². The van der Waals surface area contributed by atoms with Gasteiger partial charge in [-0.3, -0.25) is 0 Å². The Labute approximate surface area is 130 Å². The molecule has 0 saturated carbocycles. The van der Waals surface area contributed by atoms with E-state index in [-0.39, 0.29) is 4.83 Å². The minimum absolute atomic E-state index is 0.193. The van der Waals surface area contributed by atoms with Gasteiger partial charge in [0, 0.05) is 5.56 Å². The molecule has 0 spiro atoms. The number of rotatable bonds is 2. The van der Waals surface area contributed by atoms with E-state index in [9.17, 15) is 0 Å². The summed E-state index contributed by atoms with van der Waals surface area (Å²) in [4.78, 5) is 0.193. The fraction of sp³-hybridized carbons (Fsp3) is 0.444. The zero-order chi connectivity index (χ0) is 15.2. The smallest absolute Gasteiger partial charge is 0.105 e. The first-order chi connectivity index (χ1) is 9.25. The highest BCUT2D eigenvalue weighted by Crippen LogP contribution is 2.40. The molecule has 1 nitrogen and oxygen atoms in total. The molecule has 1 aromatic heterocycles. The van der Waals surface area contributed by atoms with Crippen LogP contribution in [0.2, 0.25) is 0 Å². The normalized spacial score (nSPS) is 12.8. The third kappa shape index (κ3) is 2.35. The summed E-state index contributed by atoms with van der Waals surface area (Å²) in [6.07, 6.45) is 0. The Morgan fingerprint density at radius 2 is 1.25 bits per heavy atom. The van der Waals surface area contributed by atoms with Crippen LogP contribution in [0.1, 0.15) is 55.3 Å². The standard InChI is InChI=1S/C18H23BrO/c1-9-8-16(15(7)20-9)18(19)17-13(5)11(3)10(2)12(4)14(17)6/h8,18H,1-7H3. The van der Waals surface area contributed by atoms with E-state index in [2.05, 4.69) is 56.6 Å². The summed E-state index contributed by atoms with van der Waals surface area (Å²) in [7, 11) is 0. The van der Waals surface area contributed by atoms with Crippen molar-refractivity contribution in [1.29, 1.82) is 0 Å². The molecule has 0 aliphatic carbocycles. The molecule has 1 aromatic carbocycles. The fourth-order valence-electron chi connectivity index (χ4n) is 2.97. The summed E-state index contributed by atoms with van der Waals surface area (Å²) in [5.41, 5.74) is 9.57. The minimum atomic E-state index is 0.193. The zero-order valence-corrected chi connectivity index (χ0v) is 15.0. The second kappa shape index (κ2) is 5.40. The van der Waals surface area contributed by atoms with Gasteiger partial charge in [0.25, 0.3) is 0 Å². The number of benzene rings is 1. The number of halogens is 1. The minimum Gasteiger partial charge on any atom is -0.466 e. The zero-order valence-electron chi connectivity index (χ0n) is 13.4. The van der Waals surface area contributed by atoms with E-state index in [0.29, 0.717) is 0 Å². The summed E-state index contributed by atoms with van der Waals surface area (Å²) < 4.78 is 5.69. The van der Waals surface area contributed by atoms with Gasteiger partial charge in [0.15, 0.2) is 0 Å². The number of furan rings is 1. The molecule has 0 amide bonds. The van der Waals surface area contributed by atoms with Crippen molar-refractivity contribution < 1.29 is 4.42 Å². The van der Waals surface area contributed by atoms with Gasteiger partial charge in [-0.2, -0.15) is 0 Å². The SMILES string of the molecule is Cc1cc(C(Br)c2c(C)c(C)c(C)c(C)c2C)c(C)o1. The van der Waals surface area contributed by atoms with E-state index in [0.717, 1.165) is 11.5 Å². The molecule has 20 heavy (non-hydrogen) atoms. The van der Waals surface area contributed by atoms with E-state index >= 15 is 0 Å². The lowest BCUT2D eigenvalue weighted by molar-refractivity contribution is 0.502. The monoisotopic (exact) mass is 334 g/mol. The van der Waals surface area contributed by atoms with Crippen molar-refractivity contribution in [1.82, 2.24) is 0 Å². The summed E-state index contributed by atoms with van der Waals surface area (Å²) in [6, 6.07) is 2.14. The lowest BCUT2D eigenvalue weighted by atomic mass is 9.87. The molecule has 0 aliphatic heterocycles. The maximum absolute atomic E-state index is 5.69. The predicted octanol–water partition coefficient (Wildman–Crippen LogP) is 5.92. The third-order valence-electron chi connectivity index (χ3n) is 4.66. The molecule has 0 radical (unpaired) electrons. The van der Waals surface area contributed by atoms with Gasteiger partial charge in [-0.25, -0.2) is 0 Å². The van der Waals surface area contributed by atoms with Gasteiger partial charge in [-0.15, -0.1) is 0 Å². The number of alkyl halides is 1. The molecule has 1 unspecified atom stereocenters. The van der Waals surface area contributed by atoms with Crippen LogP contribution in [-0.4, -0.2) is 0 Å². The van der Waals surface area contributed by atoms with Crippen molar-refractivity contribution in [3.63, 3.8) is 0 Å². The van der Waals surface area contributed by atoms with Crippen LogP contribution in [0, 0.1) is 48.5 Å². The predicted molar refractivity (Wildman–Crippen MR) is 89.1 cm³/mol. The summed E-state index contributed by atoms with van der Waals surface area (Å²) in [5.74, 6) is 1.97. The Morgan fingerprint density at radius 3 is 1.65 bits per heavy atom. The Hall–Kier alpha value is -1.02. The lowest BCUT2D eigenvalue weighted by Crippen LogP contribution is -2.05. The van der Waals surface area contributed by atoms with Gasteiger partial charge < -0.3 is 4.42 Å². The number of hydrogen-bond donors (Lipinski definition) is 0. The molecule has 1 atom stereocenters. The topological polar surface area (TPSA) is 13.1 Å². The molecule has 0 aliphatic rings. The van der Waals surface area contributed by atoms with Crippen LogP contribution in [0.5, 0.6) is 0 Å². The van der Waals surface area contributed by atoms with E-state index in [1.54, 1.807) is 0 Å². The van der Waals surface area contributed by atoms with Crippen molar-refractivity contribution in [3.8, 4) is 0 Å². The summed E-state index contributed by atoms with van der Waals surface area (Å²) in [5, 5.41) is 0. The van der Waals surface area contributed by atoms with Crippen LogP contribution in [-0.2, 0) is 0 Å². The molecular weight excluding hydrogens is 312 g/mol. The van der Waals surface area contributed by atoms with Gasteiger partial charge in [-0.05, 0) is 87.9 Å². The van der Waals surface area contributed by atoms with Crippen LogP contribution in [0.15, 0.2) is 10.5 Å². The van der Waals surface area contributed by atoms with Crippen molar-refractivity contribution in [2.75, 3.05) is 0 Å². The van der Waals surface area contributed by atoms with Gasteiger partial charge in [0.1, 0.15) is 11.5 Å². The maximum atomic E-state index is 5.69. The summed E-state index contributed by atoms with van der Waals surface area (Å²) >= 11 is 3.89. The number of hydrogen-bond acceptors (Lipinski definition) is 1. The highest BCUT2D eigenvalue weighted by atomic mass is 79.9. The number of aryl methyl sites for hydroxylation is 2. The largest absolute Gasteiger partial charge is 0.466 e. The van der Waals surface area contributed by atoms with Crippen molar-refractivity contribution in [2.45, 2.75) is 53.3 Å². The molecule has 2 aromatic rings. The van der Waals surface area contributed by atoms with Gasteiger partial charge in [0.05, 0.1) is 4.83 Å². The Morgan fingerprint density at radius 1 is 0.800 bits per heavy atom. The van der Waals surface area contributed by atoms with Crippen molar-refractivity contribution in [3.05, 3.63) is 56.5 Å². The molecule has 0 fully saturated rings. The van der Waals surface area contributed by atoms with Crippen molar-refractivity contribution in [2.24, 2.45) is 0 Å². The van der Waals surface area contributed by atoms with E-state index < -0.39 is 0 Å². The molecule has 2 rings (SSSR count). The Kier molecular flexibility index (Phi) is 4.15. The average molecular weight is 335 g/mol. The van der Waals surface area contributed by atoms with E-state index in [1.165, 1.54) is 38.9 Å². The molecule has 0 bridgehead atoms. The highest BCUT2D eigenvalue weighted by Gasteiger charge is 2.22. The second-order valence-corrected chi connectivity index (χ2v) is 6.69. The first-order valence-corrected chi connectivity index (χ1v) is 7.95. The van der Waals surface area contributed by atoms with Crippen molar-refractivity contribution >= 4 is 15.9 Å². The van der Waals surface area contributed by atoms with Crippen LogP contribution < -0.4 is 0 Å². The van der Waals surface area contributed by atoms with Gasteiger partial charge >= 0.3 is 0 Å². The van der Waals surface area contributed by atoms with Crippen LogP contribution in [0.3, 0.4) is 0 Å². The average Bonchev–Trinajstić information content (AvgIpc) is 2.73. The highest BCUT2D eigenvalue weighted by molar-refractivity contribution is 9.09. The molecule has 0 N–H and O–H groups in total. The molecule has 108 valence electrons. The molecule has 0 saturated heterocycles. The molecular formula is C18H23BrO. The van der Waals surface area contributed by atoms with Gasteiger partial charge in [0.2, 0.25) is 0 Å². The van der Waals surface area contributed by atoms with Crippen LogP contribution in [0.4, 0.5) is 0 Å². The Balaban J connectivity index is 2.67. The second-order valence-electron chi connectivity index (χ2n) is 5.77. The maximum Gasteiger partial charge on any atom is 0.105 e. The van der Waals surface area contributed by atoms with Crippen LogP contribution >= 0.6 is 15.9 Å². The fourth-order valence-corrected chi connectivity index (χ4v) is 4.11. The van der Waals surface area contributed by atoms with E-state index in [4.69, 9.17) is 4.42 Å². The first-order valence-electron chi connectivity index (χ1n) is 7.03. The molecule has 1 heterocycles. The third-order valence-corrected chi connectivity index (χ3v) is 5.61. The van der Waals surface area contributed by atoms with E-state index in [1.807, 2.05) is 13.8 Å². The quantitative estimate of drug-likeness (QED) is 0.621. The molecule has 2 heteroatoms. The van der Waals surface area contributed by atoms with Crippen LogP contribution in [0.25, 0.3) is 0 Å². The Bertz CT molecular complexity index is 636. The summed E-state index contributed by atoms with van der Waals surface area (Å²) in [6.45, 7) is 15.1. The lowest BCUT2D eigenvalue weighted by Gasteiger charge is -2.22. The first kappa shape index (κ1) is 15.4.